The van der Waals surface area contributed by atoms with Gasteiger partial charge < -0.3 is 5.11 Å². The minimum Gasteiger partial charge on any atom is -0.508 e. The Morgan fingerprint density at radius 3 is 2.30 bits per heavy atom. The molecule has 112 valence electrons. The number of fused-ring (bicyclic) bond motifs is 1. The second-order valence-electron chi connectivity index (χ2n) is 5.59. The van der Waals surface area contributed by atoms with Gasteiger partial charge in [-0.1, -0.05) is 30.3 Å². The molecule has 3 aromatic carbocycles. The molecule has 0 fully saturated rings. The molecule has 0 radical (unpaired) electrons. The average Bonchev–Trinajstić information content (AvgIpc) is 2.95. The largest absolute Gasteiger partial charge is 0.508 e. The number of phenols is 1. The number of aryl methyl sites for hydroxylation is 1. The Kier molecular flexibility index (Phi) is 3.12. The summed E-state index contributed by atoms with van der Waals surface area (Å²) in [5, 5.41) is 9.55. The van der Waals surface area contributed by atoms with Crippen molar-refractivity contribution in [3.63, 3.8) is 0 Å². The second kappa shape index (κ2) is 5.29. The van der Waals surface area contributed by atoms with Crippen molar-refractivity contribution in [2.24, 2.45) is 0 Å². The van der Waals surface area contributed by atoms with Crippen LogP contribution in [0.2, 0.25) is 0 Å². The van der Waals surface area contributed by atoms with Crippen molar-refractivity contribution < 1.29 is 5.11 Å². The Morgan fingerprint density at radius 1 is 0.826 bits per heavy atom. The third kappa shape index (κ3) is 2.27. The van der Waals surface area contributed by atoms with E-state index in [2.05, 4.69) is 29.7 Å². The Hall–Kier alpha value is -3.07. The average molecular weight is 300 g/mol. The third-order valence-electron chi connectivity index (χ3n) is 4.04. The number of hydrogen-bond acceptors (Lipinski definition) is 2. The van der Waals surface area contributed by atoms with Gasteiger partial charge >= 0.3 is 0 Å². The van der Waals surface area contributed by atoms with Crippen LogP contribution in [0.3, 0.4) is 0 Å². The molecule has 0 spiro atoms. The molecule has 1 aromatic heterocycles. The molecule has 0 aliphatic carbocycles. The molecule has 23 heavy (non-hydrogen) atoms. The predicted octanol–water partition coefficient (Wildman–Crippen LogP) is 4.71. The number of imidazole rings is 1. The number of benzene rings is 3. The van der Waals surface area contributed by atoms with Crippen LogP contribution in [0, 0.1) is 6.92 Å². The van der Waals surface area contributed by atoms with Crippen LogP contribution < -0.4 is 0 Å². The number of rotatable bonds is 2. The Balaban J connectivity index is 2.06. The van der Waals surface area contributed by atoms with Crippen LogP contribution in [0.15, 0.2) is 72.8 Å². The molecule has 0 unspecified atom stereocenters. The van der Waals surface area contributed by atoms with Crippen LogP contribution in [0.5, 0.6) is 5.75 Å². The molecule has 4 rings (SSSR count). The van der Waals surface area contributed by atoms with E-state index in [0.29, 0.717) is 0 Å². The predicted molar refractivity (Wildman–Crippen MR) is 92.9 cm³/mol. The summed E-state index contributed by atoms with van der Waals surface area (Å²) in [5.41, 5.74) is 5.31. The normalized spacial score (nSPS) is 11.0. The molecule has 0 amide bonds. The van der Waals surface area contributed by atoms with Gasteiger partial charge in [0, 0.05) is 5.56 Å². The van der Waals surface area contributed by atoms with E-state index in [0.717, 1.165) is 28.1 Å². The van der Waals surface area contributed by atoms with E-state index in [9.17, 15) is 5.11 Å². The first-order valence-corrected chi connectivity index (χ1v) is 7.57. The van der Waals surface area contributed by atoms with Gasteiger partial charge in [-0.15, -0.1) is 0 Å². The Labute approximate surface area is 134 Å². The molecule has 1 N–H and O–H groups in total. The van der Waals surface area contributed by atoms with Gasteiger partial charge in [-0.05, 0) is 55.0 Å². The zero-order valence-electron chi connectivity index (χ0n) is 12.8. The number of nitrogens with zero attached hydrogens (tertiary/aromatic N) is 2. The summed E-state index contributed by atoms with van der Waals surface area (Å²) in [6.45, 7) is 2.10. The van der Waals surface area contributed by atoms with Gasteiger partial charge in [0.2, 0.25) is 0 Å². The molecule has 0 saturated carbocycles. The number of phenolic OH excluding ortho intramolecular Hbond substituents is 1. The SMILES string of the molecule is Cc1ccccc1-n1c(-c2ccc(O)cc2)nc2ccccc21. The first-order valence-electron chi connectivity index (χ1n) is 7.57. The van der Waals surface area contributed by atoms with Gasteiger partial charge in [-0.3, -0.25) is 4.57 Å². The standard InChI is InChI=1S/C20H16N2O/c1-14-6-2-4-8-18(14)22-19-9-5-3-7-17(19)21-20(22)15-10-12-16(23)13-11-15/h2-13,23H,1H3. The molecule has 0 aliphatic rings. The van der Waals surface area contributed by atoms with Crippen molar-refractivity contribution in [2.75, 3.05) is 0 Å². The highest BCUT2D eigenvalue weighted by Gasteiger charge is 2.15. The van der Waals surface area contributed by atoms with Crippen LogP contribution in [0.4, 0.5) is 0 Å². The van der Waals surface area contributed by atoms with Crippen molar-refractivity contribution in [3.05, 3.63) is 78.4 Å². The van der Waals surface area contributed by atoms with Crippen molar-refractivity contribution in [1.82, 2.24) is 9.55 Å². The highest BCUT2D eigenvalue weighted by atomic mass is 16.3. The molecule has 0 atom stereocenters. The smallest absolute Gasteiger partial charge is 0.145 e. The summed E-state index contributed by atoms with van der Waals surface area (Å²) in [5.74, 6) is 1.13. The van der Waals surface area contributed by atoms with Gasteiger partial charge in [-0.25, -0.2) is 4.98 Å². The Bertz CT molecular complexity index is 984. The fraction of sp³-hybridized carbons (Fsp3) is 0.0500. The maximum Gasteiger partial charge on any atom is 0.145 e. The highest BCUT2D eigenvalue weighted by Crippen LogP contribution is 2.30. The summed E-state index contributed by atoms with van der Waals surface area (Å²) < 4.78 is 2.18. The fourth-order valence-corrected chi connectivity index (χ4v) is 2.89. The van der Waals surface area contributed by atoms with Crippen LogP contribution in [-0.2, 0) is 0 Å². The minimum atomic E-state index is 0.257. The lowest BCUT2D eigenvalue weighted by atomic mass is 10.1. The second-order valence-corrected chi connectivity index (χ2v) is 5.59. The zero-order chi connectivity index (χ0) is 15.8. The van der Waals surface area contributed by atoms with Crippen LogP contribution in [-0.4, -0.2) is 14.7 Å². The number of aromatic nitrogens is 2. The van der Waals surface area contributed by atoms with Crippen molar-refractivity contribution in [1.29, 1.82) is 0 Å². The summed E-state index contributed by atoms with van der Waals surface area (Å²) in [6.07, 6.45) is 0. The highest BCUT2D eigenvalue weighted by molar-refractivity contribution is 5.83. The first kappa shape index (κ1) is 13.6. The summed E-state index contributed by atoms with van der Waals surface area (Å²) in [7, 11) is 0. The van der Waals surface area contributed by atoms with Gasteiger partial charge in [0.15, 0.2) is 0 Å². The Morgan fingerprint density at radius 2 is 1.52 bits per heavy atom. The van der Waals surface area contributed by atoms with Crippen molar-refractivity contribution in [2.45, 2.75) is 6.92 Å². The quantitative estimate of drug-likeness (QED) is 0.582. The molecule has 4 aromatic rings. The van der Waals surface area contributed by atoms with Crippen molar-refractivity contribution in [3.8, 4) is 22.8 Å². The van der Waals surface area contributed by atoms with Gasteiger partial charge in [-0.2, -0.15) is 0 Å². The molecule has 1 heterocycles. The molecular weight excluding hydrogens is 284 g/mol. The lowest BCUT2D eigenvalue weighted by Gasteiger charge is -2.12. The van der Waals surface area contributed by atoms with E-state index in [4.69, 9.17) is 4.98 Å². The summed E-state index contributed by atoms with van der Waals surface area (Å²) in [4.78, 5) is 4.81. The lowest BCUT2D eigenvalue weighted by molar-refractivity contribution is 0.475. The molecule has 3 nitrogen and oxygen atoms in total. The molecule has 0 saturated heterocycles. The van der Waals surface area contributed by atoms with Crippen LogP contribution >= 0.6 is 0 Å². The van der Waals surface area contributed by atoms with Gasteiger partial charge in [0.05, 0.1) is 16.7 Å². The number of aromatic hydroxyl groups is 1. The van der Waals surface area contributed by atoms with Crippen LogP contribution in [0.1, 0.15) is 5.56 Å². The monoisotopic (exact) mass is 300 g/mol. The molecule has 0 aliphatic heterocycles. The van der Waals surface area contributed by atoms with E-state index in [1.807, 2.05) is 42.5 Å². The van der Waals surface area contributed by atoms with E-state index >= 15 is 0 Å². The van der Waals surface area contributed by atoms with Crippen molar-refractivity contribution >= 4 is 11.0 Å². The minimum absolute atomic E-state index is 0.257. The molecule has 0 bridgehead atoms. The van der Waals surface area contributed by atoms with Gasteiger partial charge in [0.1, 0.15) is 11.6 Å². The summed E-state index contributed by atoms with van der Waals surface area (Å²) >= 11 is 0. The molecular formula is C20H16N2O. The maximum absolute atomic E-state index is 9.55. The fourth-order valence-electron chi connectivity index (χ4n) is 2.89. The summed E-state index contributed by atoms with van der Waals surface area (Å²) in [6, 6.07) is 23.6. The molecule has 3 heteroatoms. The van der Waals surface area contributed by atoms with E-state index < -0.39 is 0 Å². The topological polar surface area (TPSA) is 38.0 Å². The van der Waals surface area contributed by atoms with E-state index in [1.165, 1.54) is 5.56 Å². The number of hydrogen-bond donors (Lipinski definition) is 1. The van der Waals surface area contributed by atoms with Crippen LogP contribution in [0.25, 0.3) is 28.1 Å². The van der Waals surface area contributed by atoms with E-state index in [1.54, 1.807) is 12.1 Å². The zero-order valence-corrected chi connectivity index (χ0v) is 12.8. The maximum atomic E-state index is 9.55. The van der Waals surface area contributed by atoms with Gasteiger partial charge in [0.25, 0.3) is 0 Å². The third-order valence-corrected chi connectivity index (χ3v) is 4.04. The lowest BCUT2D eigenvalue weighted by Crippen LogP contribution is -1.99. The van der Waals surface area contributed by atoms with E-state index in [-0.39, 0.29) is 5.75 Å². The number of para-hydroxylation sites is 3. The first-order chi connectivity index (χ1) is 11.2.